The van der Waals surface area contributed by atoms with Crippen molar-refractivity contribution in [2.45, 2.75) is 5.75 Å². The third-order valence-electron chi connectivity index (χ3n) is 1.29. The molecule has 0 saturated heterocycles. The van der Waals surface area contributed by atoms with Crippen molar-refractivity contribution in [3.05, 3.63) is 35.9 Å². The van der Waals surface area contributed by atoms with Crippen LogP contribution in [0.5, 0.6) is 0 Å². The molecule has 0 N–H and O–H groups in total. The van der Waals surface area contributed by atoms with Gasteiger partial charge in [-0.25, -0.2) is 0 Å². The van der Waals surface area contributed by atoms with Crippen molar-refractivity contribution in [1.29, 1.82) is 0 Å². The molecule has 0 unspecified atom stereocenters. The summed E-state index contributed by atoms with van der Waals surface area (Å²) < 4.78 is 26.2. The zero-order valence-corrected chi connectivity index (χ0v) is 8.96. The summed E-state index contributed by atoms with van der Waals surface area (Å²) in [4.78, 5) is 0. The monoisotopic (exact) mass is 269 g/mol. The van der Waals surface area contributed by atoms with Gasteiger partial charge in [0.15, 0.2) is 0 Å². The van der Waals surface area contributed by atoms with Crippen LogP contribution in [-0.4, -0.2) is 8.42 Å². The molecule has 1 rings (SSSR count). The average Bonchev–Trinajstić information content (AvgIpc) is 2.06. The second kappa shape index (κ2) is 4.17. The van der Waals surface area contributed by atoms with Gasteiger partial charge in [0.2, 0.25) is 0 Å². The van der Waals surface area contributed by atoms with Crippen molar-refractivity contribution in [1.82, 2.24) is 0 Å². The van der Waals surface area contributed by atoms with Crippen molar-refractivity contribution < 1.29 is 31.4 Å². The number of benzene rings is 1. The third-order valence-corrected chi connectivity index (χ3v) is 3.71. The first-order chi connectivity index (χ1) is 5.64. The van der Waals surface area contributed by atoms with Crippen molar-refractivity contribution >= 4 is 10.1 Å². The zero-order valence-electron chi connectivity index (χ0n) is 6.14. The summed E-state index contributed by atoms with van der Waals surface area (Å²) in [5, 5.41) is 0. The molecule has 0 amide bonds. The molecule has 0 aliphatic rings. The van der Waals surface area contributed by atoms with Crippen molar-refractivity contribution in [2.75, 3.05) is 0 Å². The second-order valence-electron chi connectivity index (χ2n) is 2.26. The summed E-state index contributed by atoms with van der Waals surface area (Å²) in [5.74, 6) is -0.0626. The van der Waals surface area contributed by atoms with Gasteiger partial charge in [0.1, 0.15) is 0 Å². The Morgan fingerprint density at radius 1 is 1.25 bits per heavy atom. The van der Waals surface area contributed by atoms with Gasteiger partial charge in [-0.1, -0.05) is 0 Å². The molecule has 0 aliphatic heterocycles. The van der Waals surface area contributed by atoms with Gasteiger partial charge in [0.05, 0.1) is 0 Å². The summed E-state index contributed by atoms with van der Waals surface area (Å²) in [6, 6.07) is 8.92. The molecule has 5 heteroatoms. The molecule has 0 saturated carbocycles. The molecule has 1 aromatic rings. The van der Waals surface area contributed by atoms with E-state index in [2.05, 4.69) is 2.84 Å². The van der Waals surface area contributed by atoms with Crippen LogP contribution < -0.4 is 0 Å². The van der Waals surface area contributed by atoms with E-state index >= 15 is 0 Å². The molecule has 0 radical (unpaired) electrons. The SMILES string of the molecule is O=S(=O)(Cc1ccccc1)[O][Mo]. The first-order valence-electron chi connectivity index (χ1n) is 3.22. The number of hydrogen-bond acceptors (Lipinski definition) is 3. The van der Waals surface area contributed by atoms with E-state index in [1.807, 2.05) is 6.07 Å². The molecule has 0 bridgehead atoms. The predicted octanol–water partition coefficient (Wildman–Crippen LogP) is 0.995. The Hall–Kier alpha value is -0.182. The topological polar surface area (TPSA) is 43.4 Å². The van der Waals surface area contributed by atoms with Gasteiger partial charge < -0.3 is 0 Å². The van der Waals surface area contributed by atoms with E-state index in [4.69, 9.17) is 0 Å². The first-order valence-corrected chi connectivity index (χ1v) is 5.62. The van der Waals surface area contributed by atoms with Crippen LogP contribution >= 0.6 is 0 Å². The molecule has 65 valence electrons. The maximum atomic E-state index is 10.9. The normalized spacial score (nSPS) is 11.3. The Morgan fingerprint density at radius 3 is 2.33 bits per heavy atom. The molecule has 0 spiro atoms. The van der Waals surface area contributed by atoms with Crippen LogP contribution in [0.3, 0.4) is 0 Å². The summed E-state index contributed by atoms with van der Waals surface area (Å²) >= 11 is 1.10. The van der Waals surface area contributed by atoms with Crippen LogP contribution in [0, 0.1) is 0 Å². The van der Waals surface area contributed by atoms with Gasteiger partial charge in [-0.2, -0.15) is 0 Å². The first kappa shape index (κ1) is 9.90. The molecule has 3 nitrogen and oxygen atoms in total. The van der Waals surface area contributed by atoms with E-state index in [9.17, 15) is 8.42 Å². The summed E-state index contributed by atoms with van der Waals surface area (Å²) in [5.41, 5.74) is 0.737. The van der Waals surface area contributed by atoms with Gasteiger partial charge in [-0.05, 0) is 0 Å². The Balaban J connectivity index is 2.78. The van der Waals surface area contributed by atoms with Crippen LogP contribution in [-0.2, 0) is 38.9 Å². The second-order valence-corrected chi connectivity index (χ2v) is 4.80. The number of hydrogen-bond donors (Lipinski definition) is 0. The van der Waals surface area contributed by atoms with Crippen LogP contribution in [0.1, 0.15) is 5.56 Å². The molecule has 1 aromatic carbocycles. The number of rotatable bonds is 3. The molecule has 0 aromatic heterocycles. The molecule has 0 fully saturated rings. The van der Waals surface area contributed by atoms with Crippen LogP contribution in [0.2, 0.25) is 0 Å². The van der Waals surface area contributed by atoms with Gasteiger partial charge in [-0.15, -0.1) is 0 Å². The van der Waals surface area contributed by atoms with Gasteiger partial charge in [0, 0.05) is 0 Å². The van der Waals surface area contributed by atoms with Crippen LogP contribution in [0.25, 0.3) is 0 Å². The van der Waals surface area contributed by atoms with E-state index in [-0.39, 0.29) is 5.75 Å². The average molecular weight is 267 g/mol. The van der Waals surface area contributed by atoms with Gasteiger partial charge in [0.25, 0.3) is 0 Å². The van der Waals surface area contributed by atoms with E-state index in [0.717, 1.165) is 25.8 Å². The zero-order chi connectivity index (χ0) is 9.03. The van der Waals surface area contributed by atoms with Crippen LogP contribution in [0.4, 0.5) is 0 Å². The van der Waals surface area contributed by atoms with Gasteiger partial charge in [-0.3, -0.25) is 0 Å². The van der Waals surface area contributed by atoms with Crippen LogP contribution in [0.15, 0.2) is 30.3 Å². The summed E-state index contributed by atoms with van der Waals surface area (Å²) in [6.45, 7) is 0. The van der Waals surface area contributed by atoms with E-state index in [1.165, 1.54) is 0 Å². The Morgan fingerprint density at radius 2 is 1.83 bits per heavy atom. The standard InChI is InChI=1S/C7H8O3S.Mo/c8-11(9,10)6-7-4-2-1-3-5-7;/h1-5H,6H2,(H,8,9,10);/q;+1/p-1. The van der Waals surface area contributed by atoms with Gasteiger partial charge >= 0.3 is 83.2 Å². The Kier molecular flexibility index (Phi) is 3.44. The molecule has 12 heavy (non-hydrogen) atoms. The third kappa shape index (κ3) is 3.05. The summed E-state index contributed by atoms with van der Waals surface area (Å²) in [6.07, 6.45) is 0. The fourth-order valence-corrected chi connectivity index (χ4v) is 1.81. The van der Waals surface area contributed by atoms with Crippen molar-refractivity contribution in [2.24, 2.45) is 0 Å². The van der Waals surface area contributed by atoms with E-state index in [1.54, 1.807) is 24.3 Å². The van der Waals surface area contributed by atoms with E-state index < -0.39 is 10.1 Å². The molecule has 0 heterocycles. The maximum absolute atomic E-state index is 10.9. The molecule has 0 atom stereocenters. The predicted molar refractivity (Wildman–Crippen MR) is 40.2 cm³/mol. The minimum atomic E-state index is -3.37. The molecular formula is C7H7MoO3S. The van der Waals surface area contributed by atoms with E-state index in [0.29, 0.717) is 0 Å². The Bertz CT molecular complexity index is 333. The minimum absolute atomic E-state index is 0.0626. The fraction of sp³-hybridized carbons (Fsp3) is 0.143. The molecular weight excluding hydrogens is 260 g/mol. The van der Waals surface area contributed by atoms with Crippen molar-refractivity contribution in [3.8, 4) is 0 Å². The quantitative estimate of drug-likeness (QED) is 0.767. The fourth-order valence-electron chi connectivity index (χ4n) is 0.802. The Labute approximate surface area is 83.2 Å². The molecule has 0 aliphatic carbocycles. The van der Waals surface area contributed by atoms with Crippen molar-refractivity contribution in [3.63, 3.8) is 0 Å². The summed E-state index contributed by atoms with van der Waals surface area (Å²) in [7, 11) is -3.37.